The van der Waals surface area contributed by atoms with Crippen molar-refractivity contribution in [3.8, 4) is 0 Å². The molecule has 4 heteroatoms. The Labute approximate surface area is 117 Å². The van der Waals surface area contributed by atoms with Crippen molar-refractivity contribution < 1.29 is 9.53 Å². The first-order chi connectivity index (χ1) is 9.42. The van der Waals surface area contributed by atoms with Gasteiger partial charge in [0.1, 0.15) is 11.4 Å². The van der Waals surface area contributed by atoms with Gasteiger partial charge in [0.15, 0.2) is 0 Å². The van der Waals surface area contributed by atoms with Crippen molar-refractivity contribution in [1.82, 2.24) is 9.55 Å². The maximum absolute atomic E-state index is 13.0. The minimum atomic E-state index is -0.481. The fourth-order valence-corrected chi connectivity index (χ4v) is 3.81. The number of carbonyl (C=O) groups excluding carboxylic acids is 1. The van der Waals surface area contributed by atoms with E-state index in [4.69, 9.17) is 9.72 Å². The Morgan fingerprint density at radius 3 is 2.80 bits per heavy atom. The van der Waals surface area contributed by atoms with E-state index >= 15 is 0 Å². The molecule has 2 bridgehead atoms. The largest absolute Gasteiger partial charge is 0.361 e. The molecular formula is C16H18N2O2. The molecule has 3 aliphatic heterocycles. The van der Waals surface area contributed by atoms with Crippen LogP contribution in [0.4, 0.5) is 0 Å². The van der Waals surface area contributed by atoms with Crippen LogP contribution in [-0.2, 0) is 10.3 Å². The second-order valence-electron chi connectivity index (χ2n) is 6.63. The van der Waals surface area contributed by atoms with Gasteiger partial charge in [-0.05, 0) is 45.7 Å². The van der Waals surface area contributed by atoms with Gasteiger partial charge in [-0.3, -0.25) is 9.36 Å². The molecule has 4 heterocycles. The summed E-state index contributed by atoms with van der Waals surface area (Å²) in [5.74, 6) is 0.783. The minimum absolute atomic E-state index is 0.102. The van der Waals surface area contributed by atoms with Crippen LogP contribution in [0.2, 0.25) is 0 Å². The summed E-state index contributed by atoms with van der Waals surface area (Å²) in [4.78, 5) is 17.7. The Kier molecular flexibility index (Phi) is 2.11. The molecule has 3 aliphatic rings. The first-order valence-electron chi connectivity index (χ1n) is 7.15. The maximum Gasteiger partial charge on any atom is 0.238 e. The van der Waals surface area contributed by atoms with Gasteiger partial charge in [-0.25, -0.2) is 4.98 Å². The lowest BCUT2D eigenvalue weighted by molar-refractivity contribution is -0.186. The molecule has 2 atom stereocenters. The highest BCUT2D eigenvalue weighted by Crippen LogP contribution is 2.48. The van der Waals surface area contributed by atoms with Crippen molar-refractivity contribution in [3.05, 3.63) is 30.1 Å². The van der Waals surface area contributed by atoms with Crippen molar-refractivity contribution in [3.63, 3.8) is 0 Å². The summed E-state index contributed by atoms with van der Waals surface area (Å²) in [6.07, 6.45) is 1.70. The van der Waals surface area contributed by atoms with Crippen LogP contribution in [0, 0.1) is 5.92 Å². The third kappa shape index (κ3) is 1.35. The van der Waals surface area contributed by atoms with Gasteiger partial charge < -0.3 is 4.74 Å². The van der Waals surface area contributed by atoms with E-state index in [0.717, 1.165) is 29.7 Å². The number of imidazole rings is 1. The molecule has 2 unspecified atom stereocenters. The molecule has 0 aliphatic carbocycles. The van der Waals surface area contributed by atoms with Crippen LogP contribution in [0.25, 0.3) is 11.0 Å². The monoisotopic (exact) mass is 270 g/mol. The van der Waals surface area contributed by atoms with Crippen LogP contribution >= 0.6 is 0 Å². The summed E-state index contributed by atoms with van der Waals surface area (Å²) < 4.78 is 8.10. The zero-order chi connectivity index (χ0) is 14.1. The number of rotatable bonds is 0. The Hall–Kier alpha value is -1.68. The first kappa shape index (κ1) is 12.1. The SMILES string of the molecule is CC12CCC(C(=O)n3c1nc1ccccc13)C(C)(C)O2. The quantitative estimate of drug-likeness (QED) is 0.738. The Morgan fingerprint density at radius 1 is 1.30 bits per heavy atom. The molecular weight excluding hydrogens is 252 g/mol. The Bertz CT molecular complexity index is 731. The van der Waals surface area contributed by atoms with Crippen LogP contribution in [0.1, 0.15) is 44.2 Å². The number of nitrogens with zero attached hydrogens (tertiary/aromatic N) is 2. The van der Waals surface area contributed by atoms with Crippen molar-refractivity contribution in [2.75, 3.05) is 0 Å². The van der Waals surface area contributed by atoms with E-state index in [1.165, 1.54) is 0 Å². The maximum atomic E-state index is 13.0. The highest BCUT2D eigenvalue weighted by molar-refractivity contribution is 5.93. The number of fused-ring (bicyclic) bond motifs is 3. The molecule has 1 aromatic carbocycles. The van der Waals surface area contributed by atoms with E-state index in [1.54, 1.807) is 4.57 Å². The Balaban J connectivity index is 2.08. The molecule has 20 heavy (non-hydrogen) atoms. The fraction of sp³-hybridized carbons (Fsp3) is 0.500. The summed E-state index contributed by atoms with van der Waals surface area (Å²) in [6, 6.07) is 7.81. The van der Waals surface area contributed by atoms with Crippen molar-refractivity contribution in [1.29, 1.82) is 0 Å². The third-order valence-corrected chi connectivity index (χ3v) is 4.79. The average molecular weight is 270 g/mol. The lowest BCUT2D eigenvalue weighted by Crippen LogP contribution is -2.47. The predicted molar refractivity (Wildman–Crippen MR) is 75.6 cm³/mol. The number of benzene rings is 1. The van der Waals surface area contributed by atoms with Crippen LogP contribution in [-0.4, -0.2) is 21.1 Å². The number of aromatic nitrogens is 2. The zero-order valence-electron chi connectivity index (χ0n) is 12.0. The van der Waals surface area contributed by atoms with Gasteiger partial charge in [-0.1, -0.05) is 12.1 Å². The number of ether oxygens (including phenoxy) is 1. The first-order valence-corrected chi connectivity index (χ1v) is 7.15. The molecule has 4 nitrogen and oxygen atoms in total. The van der Waals surface area contributed by atoms with Gasteiger partial charge >= 0.3 is 0 Å². The third-order valence-electron chi connectivity index (χ3n) is 4.79. The fourth-order valence-electron chi connectivity index (χ4n) is 3.81. The standard InChI is InChI=1S/C16H18N2O2/c1-15(2)10-8-9-16(3,20-15)14-17-11-6-4-5-7-12(11)18(14)13(10)19/h4-7,10H,8-9H2,1-3H3. The van der Waals surface area contributed by atoms with E-state index in [0.29, 0.717) is 0 Å². The molecule has 104 valence electrons. The smallest absolute Gasteiger partial charge is 0.238 e. The van der Waals surface area contributed by atoms with Gasteiger partial charge in [0.05, 0.1) is 22.6 Å². The molecule has 5 rings (SSSR count). The van der Waals surface area contributed by atoms with Crippen molar-refractivity contribution >= 4 is 16.9 Å². The molecule has 0 saturated carbocycles. The van der Waals surface area contributed by atoms with E-state index in [2.05, 4.69) is 6.92 Å². The van der Waals surface area contributed by atoms with Gasteiger partial charge in [-0.2, -0.15) is 0 Å². The van der Waals surface area contributed by atoms with Gasteiger partial charge in [0.25, 0.3) is 0 Å². The Morgan fingerprint density at radius 2 is 2.05 bits per heavy atom. The van der Waals surface area contributed by atoms with Crippen LogP contribution < -0.4 is 0 Å². The zero-order valence-corrected chi connectivity index (χ0v) is 12.0. The lowest BCUT2D eigenvalue weighted by Gasteiger charge is -2.43. The number of para-hydroxylation sites is 2. The number of carbonyl (C=O) groups is 1. The highest BCUT2D eigenvalue weighted by atomic mass is 16.5. The van der Waals surface area contributed by atoms with E-state index < -0.39 is 11.2 Å². The number of hydrogen-bond donors (Lipinski definition) is 0. The topological polar surface area (TPSA) is 44.1 Å². The molecule has 0 amide bonds. The average Bonchev–Trinajstić information content (AvgIpc) is 2.70. The van der Waals surface area contributed by atoms with Crippen LogP contribution in [0.5, 0.6) is 0 Å². The van der Waals surface area contributed by atoms with Gasteiger partial charge in [-0.15, -0.1) is 0 Å². The lowest BCUT2D eigenvalue weighted by atomic mass is 9.80. The molecule has 1 fully saturated rings. The second-order valence-corrected chi connectivity index (χ2v) is 6.63. The molecule has 1 aromatic heterocycles. The van der Waals surface area contributed by atoms with Crippen LogP contribution in [0.3, 0.4) is 0 Å². The summed E-state index contributed by atoms with van der Waals surface area (Å²) in [5.41, 5.74) is 0.842. The molecule has 1 saturated heterocycles. The van der Waals surface area contributed by atoms with E-state index in [9.17, 15) is 4.79 Å². The van der Waals surface area contributed by atoms with Gasteiger partial charge in [0.2, 0.25) is 5.91 Å². The normalized spacial score (nSPS) is 31.4. The van der Waals surface area contributed by atoms with Crippen LogP contribution in [0.15, 0.2) is 24.3 Å². The predicted octanol–water partition coefficient (Wildman–Crippen LogP) is 3.11. The van der Waals surface area contributed by atoms with Crippen molar-refractivity contribution in [2.24, 2.45) is 5.92 Å². The number of hydrogen-bond acceptors (Lipinski definition) is 3. The molecule has 0 spiro atoms. The summed E-state index contributed by atoms with van der Waals surface area (Å²) in [6.45, 7) is 6.09. The molecule has 0 N–H and O–H groups in total. The summed E-state index contributed by atoms with van der Waals surface area (Å²) in [7, 11) is 0. The van der Waals surface area contributed by atoms with Crippen molar-refractivity contribution in [2.45, 2.75) is 44.8 Å². The van der Waals surface area contributed by atoms with E-state index in [-0.39, 0.29) is 11.8 Å². The van der Waals surface area contributed by atoms with Gasteiger partial charge in [0, 0.05) is 0 Å². The summed E-state index contributed by atoms with van der Waals surface area (Å²) in [5, 5.41) is 0. The highest BCUT2D eigenvalue weighted by Gasteiger charge is 2.53. The summed E-state index contributed by atoms with van der Waals surface area (Å²) >= 11 is 0. The minimum Gasteiger partial charge on any atom is -0.361 e. The molecule has 0 radical (unpaired) electrons. The molecule has 2 aromatic rings. The second kappa shape index (κ2) is 3.50. The van der Waals surface area contributed by atoms with E-state index in [1.807, 2.05) is 38.1 Å².